The van der Waals surface area contributed by atoms with Crippen molar-refractivity contribution in [1.29, 1.82) is 0 Å². The molecule has 0 radical (unpaired) electrons. The number of carbonyl (C=O) groups is 2. The van der Waals surface area contributed by atoms with Crippen LogP contribution in [0.5, 0.6) is 5.75 Å². The summed E-state index contributed by atoms with van der Waals surface area (Å²) in [7, 11) is 1.59. The maximum absolute atomic E-state index is 13.0. The fourth-order valence-corrected chi connectivity index (χ4v) is 4.58. The Morgan fingerprint density at radius 3 is 2.45 bits per heavy atom. The van der Waals surface area contributed by atoms with Gasteiger partial charge in [0.25, 0.3) is 5.91 Å². The van der Waals surface area contributed by atoms with E-state index in [-0.39, 0.29) is 17.7 Å². The number of benzene rings is 3. The first-order valence-corrected chi connectivity index (χ1v) is 11.2. The minimum Gasteiger partial charge on any atom is -0.495 e. The monoisotopic (exact) mass is 442 g/mol. The van der Waals surface area contributed by atoms with Gasteiger partial charge in [0.1, 0.15) is 16.9 Å². The molecule has 0 saturated carbocycles. The summed E-state index contributed by atoms with van der Waals surface area (Å²) in [4.78, 5) is 27.8. The Morgan fingerprint density at radius 1 is 0.970 bits per heavy atom. The summed E-state index contributed by atoms with van der Waals surface area (Å²) < 4.78 is 11.5. The Morgan fingerprint density at radius 2 is 1.70 bits per heavy atom. The van der Waals surface area contributed by atoms with Crippen LogP contribution in [0, 0.1) is 12.8 Å². The number of anilines is 1. The zero-order chi connectivity index (χ0) is 22.9. The molecule has 1 aliphatic rings. The zero-order valence-corrected chi connectivity index (χ0v) is 18.8. The fourth-order valence-electron chi connectivity index (χ4n) is 4.58. The van der Waals surface area contributed by atoms with Gasteiger partial charge in [0, 0.05) is 41.4 Å². The van der Waals surface area contributed by atoms with Crippen molar-refractivity contribution in [3.63, 3.8) is 0 Å². The number of furan rings is 1. The summed E-state index contributed by atoms with van der Waals surface area (Å²) in [5.74, 6) is 0.396. The Labute approximate surface area is 192 Å². The molecule has 0 unspecified atom stereocenters. The third kappa shape index (κ3) is 3.93. The molecule has 4 aromatic rings. The highest BCUT2D eigenvalue weighted by Crippen LogP contribution is 2.36. The van der Waals surface area contributed by atoms with E-state index in [1.54, 1.807) is 7.11 Å². The molecule has 1 N–H and O–H groups in total. The van der Waals surface area contributed by atoms with Gasteiger partial charge in [0.05, 0.1) is 12.8 Å². The van der Waals surface area contributed by atoms with Crippen molar-refractivity contribution >= 4 is 39.4 Å². The van der Waals surface area contributed by atoms with Crippen LogP contribution in [0.2, 0.25) is 0 Å². The largest absolute Gasteiger partial charge is 0.495 e. The molecule has 1 fully saturated rings. The highest BCUT2D eigenvalue weighted by Gasteiger charge is 2.29. The number of piperidine rings is 1. The Hall–Kier alpha value is -3.80. The van der Waals surface area contributed by atoms with E-state index in [1.807, 2.05) is 72.5 Å². The first-order chi connectivity index (χ1) is 16.0. The second kappa shape index (κ2) is 8.62. The van der Waals surface area contributed by atoms with E-state index in [4.69, 9.17) is 9.15 Å². The molecular weight excluding hydrogens is 416 g/mol. The highest BCUT2D eigenvalue weighted by molar-refractivity contribution is 6.08. The average Bonchev–Trinajstić information content (AvgIpc) is 3.20. The lowest BCUT2D eigenvalue weighted by Crippen LogP contribution is -2.41. The molecule has 33 heavy (non-hydrogen) atoms. The predicted octanol–water partition coefficient (Wildman–Crippen LogP) is 5.39. The van der Waals surface area contributed by atoms with E-state index in [9.17, 15) is 9.59 Å². The van der Waals surface area contributed by atoms with Crippen molar-refractivity contribution in [3.05, 3.63) is 71.8 Å². The number of amides is 2. The second-order valence-corrected chi connectivity index (χ2v) is 8.52. The van der Waals surface area contributed by atoms with Crippen LogP contribution in [0.1, 0.15) is 28.8 Å². The third-order valence-electron chi connectivity index (χ3n) is 6.49. The number of hydrogen-bond donors (Lipinski definition) is 1. The molecule has 0 atom stereocenters. The fraction of sp³-hybridized carbons (Fsp3) is 0.259. The predicted molar refractivity (Wildman–Crippen MR) is 129 cm³/mol. The first kappa shape index (κ1) is 21.1. The molecule has 6 heteroatoms. The van der Waals surface area contributed by atoms with E-state index in [1.165, 1.54) is 0 Å². The number of ether oxygens (including phenoxy) is 1. The van der Waals surface area contributed by atoms with Gasteiger partial charge in [-0.05, 0) is 43.5 Å². The van der Waals surface area contributed by atoms with Crippen LogP contribution in [0.3, 0.4) is 0 Å². The number of fused-ring (bicyclic) bond motifs is 3. The van der Waals surface area contributed by atoms with Gasteiger partial charge in [-0.3, -0.25) is 9.59 Å². The molecule has 6 nitrogen and oxygen atoms in total. The maximum atomic E-state index is 13.0. The molecule has 1 aromatic heterocycles. The van der Waals surface area contributed by atoms with Gasteiger partial charge in [-0.2, -0.15) is 0 Å². The highest BCUT2D eigenvalue weighted by atomic mass is 16.5. The van der Waals surface area contributed by atoms with Gasteiger partial charge in [-0.1, -0.05) is 36.4 Å². The molecule has 5 rings (SSSR count). The Balaban J connectivity index is 1.30. The molecule has 2 heterocycles. The van der Waals surface area contributed by atoms with Gasteiger partial charge in [0.2, 0.25) is 5.91 Å². The quantitative estimate of drug-likeness (QED) is 0.460. The number of hydrogen-bond acceptors (Lipinski definition) is 4. The van der Waals surface area contributed by atoms with E-state index >= 15 is 0 Å². The van der Waals surface area contributed by atoms with Gasteiger partial charge >= 0.3 is 0 Å². The summed E-state index contributed by atoms with van der Waals surface area (Å²) in [6, 6.07) is 19.2. The summed E-state index contributed by atoms with van der Waals surface area (Å²) in [6.45, 7) is 3.07. The van der Waals surface area contributed by atoms with E-state index in [2.05, 4.69) is 5.32 Å². The minimum atomic E-state index is -0.165. The van der Waals surface area contributed by atoms with Crippen molar-refractivity contribution in [1.82, 2.24) is 4.90 Å². The number of nitrogens with one attached hydrogen (secondary N) is 1. The number of para-hydroxylation sites is 1. The van der Waals surface area contributed by atoms with Gasteiger partial charge in [-0.25, -0.2) is 0 Å². The number of methoxy groups -OCH3 is 1. The molecule has 168 valence electrons. The summed E-state index contributed by atoms with van der Waals surface area (Å²) >= 11 is 0. The molecular formula is C27H26N2O4. The molecule has 0 spiro atoms. The lowest BCUT2D eigenvalue weighted by atomic mass is 9.95. The molecule has 1 aliphatic heterocycles. The average molecular weight is 443 g/mol. The summed E-state index contributed by atoms with van der Waals surface area (Å²) in [5, 5.41) is 4.98. The van der Waals surface area contributed by atoms with E-state index in [0.29, 0.717) is 43.0 Å². The second-order valence-electron chi connectivity index (χ2n) is 8.52. The van der Waals surface area contributed by atoms with E-state index < -0.39 is 0 Å². The zero-order valence-electron chi connectivity index (χ0n) is 18.8. The van der Waals surface area contributed by atoms with Gasteiger partial charge in [-0.15, -0.1) is 0 Å². The number of aryl methyl sites for hydroxylation is 1. The Bertz CT molecular complexity index is 1350. The lowest BCUT2D eigenvalue weighted by molar-refractivity contribution is -0.121. The lowest BCUT2D eigenvalue weighted by Gasteiger charge is -2.31. The normalized spacial score (nSPS) is 14.5. The maximum Gasteiger partial charge on any atom is 0.254 e. The van der Waals surface area contributed by atoms with Crippen molar-refractivity contribution in [2.75, 3.05) is 25.5 Å². The topological polar surface area (TPSA) is 71.8 Å². The van der Waals surface area contributed by atoms with Crippen LogP contribution >= 0.6 is 0 Å². The van der Waals surface area contributed by atoms with Crippen LogP contribution in [-0.4, -0.2) is 36.9 Å². The van der Waals surface area contributed by atoms with E-state index in [0.717, 1.165) is 27.5 Å². The van der Waals surface area contributed by atoms with Crippen LogP contribution in [-0.2, 0) is 4.79 Å². The summed E-state index contributed by atoms with van der Waals surface area (Å²) in [5.41, 5.74) is 3.78. The molecule has 2 amide bonds. The number of likely N-dealkylation sites (tertiary alicyclic amines) is 1. The van der Waals surface area contributed by atoms with Crippen LogP contribution in [0.4, 0.5) is 5.69 Å². The van der Waals surface area contributed by atoms with Gasteiger partial charge in [0.15, 0.2) is 0 Å². The SMILES string of the molecule is COc1cc2c(cc1NC(=O)C1CCN(C(=O)c3ccccc3C)CC1)oc1ccccc12. The number of nitrogens with zero attached hydrogens (tertiary/aromatic N) is 1. The van der Waals surface area contributed by atoms with Crippen molar-refractivity contribution in [2.45, 2.75) is 19.8 Å². The minimum absolute atomic E-state index is 0.0314. The molecule has 0 bridgehead atoms. The Kier molecular flexibility index (Phi) is 5.50. The van der Waals surface area contributed by atoms with Crippen molar-refractivity contribution < 1.29 is 18.7 Å². The summed E-state index contributed by atoms with van der Waals surface area (Å²) in [6.07, 6.45) is 1.25. The van der Waals surface area contributed by atoms with Crippen LogP contribution < -0.4 is 10.1 Å². The molecule has 3 aromatic carbocycles. The molecule has 1 saturated heterocycles. The van der Waals surface area contributed by atoms with Crippen LogP contribution in [0.25, 0.3) is 21.9 Å². The van der Waals surface area contributed by atoms with Crippen molar-refractivity contribution in [3.8, 4) is 5.75 Å². The number of rotatable bonds is 4. The molecule has 0 aliphatic carbocycles. The number of carbonyl (C=O) groups excluding carboxylic acids is 2. The smallest absolute Gasteiger partial charge is 0.254 e. The first-order valence-electron chi connectivity index (χ1n) is 11.2. The van der Waals surface area contributed by atoms with Crippen LogP contribution in [0.15, 0.2) is 65.1 Å². The van der Waals surface area contributed by atoms with Crippen molar-refractivity contribution in [2.24, 2.45) is 5.92 Å². The van der Waals surface area contributed by atoms with Gasteiger partial charge < -0.3 is 19.4 Å². The third-order valence-corrected chi connectivity index (χ3v) is 6.49. The standard InChI is InChI=1S/C27H26N2O4/c1-17-7-3-4-8-19(17)27(31)29-13-11-18(12-14-29)26(30)28-22-16-24-21(15-25(22)32-2)20-9-5-6-10-23(20)33-24/h3-10,15-16,18H,11-14H2,1-2H3,(H,28,30).